The van der Waals surface area contributed by atoms with Crippen LogP contribution in [-0.2, 0) is 22.6 Å². The summed E-state index contributed by atoms with van der Waals surface area (Å²) in [7, 11) is 3.31. The lowest BCUT2D eigenvalue weighted by Gasteiger charge is -2.36. The molecule has 0 aliphatic carbocycles. The van der Waals surface area contributed by atoms with E-state index < -0.39 is 12.0 Å². The number of nitrogens with one attached hydrogen (secondary N) is 1. The van der Waals surface area contributed by atoms with E-state index in [9.17, 15) is 24.3 Å². The molecule has 2 atom stereocenters. The van der Waals surface area contributed by atoms with E-state index in [4.69, 9.17) is 5.10 Å². The van der Waals surface area contributed by atoms with Gasteiger partial charge >= 0.3 is 0 Å². The zero-order chi connectivity index (χ0) is 38.1. The largest absolute Gasteiger partial charge is 0.394 e. The fraction of sp³-hybridized carbons (Fsp3) is 0.405. The average molecular weight is 721 g/mol. The van der Waals surface area contributed by atoms with E-state index in [0.29, 0.717) is 54.4 Å². The number of aromatic nitrogens is 2. The number of benzene rings is 3. The molecule has 1 aliphatic rings. The summed E-state index contributed by atoms with van der Waals surface area (Å²) in [6.45, 7) is 7.39. The number of carbonyl (C=O) groups is 4. The van der Waals surface area contributed by atoms with Gasteiger partial charge in [-0.05, 0) is 67.1 Å². The number of nitrogens with zero attached hydrogens (tertiary/aromatic N) is 5. The SMILES string of the molecule is CCCCN(CCCC)C(=O)c1cc(C)n(-c2ccc(NC(=O)C(CC(=O)N(C)C)c3ccccc3)cc2C(=O)N2Cc3ccccc3CC2CO)n1. The number of hydrogen-bond donors (Lipinski definition) is 2. The molecule has 1 aromatic heterocycles. The first kappa shape index (κ1) is 38.9. The van der Waals surface area contributed by atoms with E-state index >= 15 is 0 Å². The Kier molecular flexibility index (Phi) is 13.2. The summed E-state index contributed by atoms with van der Waals surface area (Å²) in [6, 6.07) is 23.4. The minimum atomic E-state index is -0.771. The summed E-state index contributed by atoms with van der Waals surface area (Å²) in [5.41, 5.74) is 4.79. The molecule has 4 amide bonds. The molecule has 0 spiro atoms. The van der Waals surface area contributed by atoms with Crippen molar-refractivity contribution in [2.45, 2.75) is 77.8 Å². The fourth-order valence-electron chi connectivity index (χ4n) is 6.74. The van der Waals surface area contributed by atoms with Gasteiger partial charge in [0, 0.05) is 51.5 Å². The Labute approximate surface area is 312 Å². The van der Waals surface area contributed by atoms with E-state index in [1.54, 1.807) is 47.9 Å². The van der Waals surface area contributed by atoms with Gasteiger partial charge in [-0.2, -0.15) is 5.10 Å². The predicted octanol–water partition coefficient (Wildman–Crippen LogP) is 5.98. The molecular formula is C42H52N6O5. The van der Waals surface area contributed by atoms with Crippen LogP contribution in [-0.4, -0.2) is 93.0 Å². The highest BCUT2D eigenvalue weighted by Crippen LogP contribution is 2.30. The van der Waals surface area contributed by atoms with Crippen LogP contribution in [0.5, 0.6) is 0 Å². The van der Waals surface area contributed by atoms with Gasteiger partial charge in [-0.15, -0.1) is 0 Å². The van der Waals surface area contributed by atoms with Gasteiger partial charge < -0.3 is 25.1 Å². The summed E-state index contributed by atoms with van der Waals surface area (Å²) >= 11 is 0. The summed E-state index contributed by atoms with van der Waals surface area (Å²) < 4.78 is 1.61. The lowest BCUT2D eigenvalue weighted by Crippen LogP contribution is -2.46. The Morgan fingerprint density at radius 2 is 1.57 bits per heavy atom. The maximum Gasteiger partial charge on any atom is 0.274 e. The van der Waals surface area contributed by atoms with Crippen LogP contribution < -0.4 is 5.32 Å². The van der Waals surface area contributed by atoms with E-state index in [2.05, 4.69) is 19.2 Å². The van der Waals surface area contributed by atoms with Gasteiger partial charge in [0.25, 0.3) is 11.8 Å². The molecule has 2 unspecified atom stereocenters. The summed E-state index contributed by atoms with van der Waals surface area (Å²) in [6.07, 6.45) is 4.17. The number of anilines is 1. The van der Waals surface area contributed by atoms with Crippen LogP contribution >= 0.6 is 0 Å². The molecule has 2 heterocycles. The molecule has 11 nitrogen and oxygen atoms in total. The molecule has 53 heavy (non-hydrogen) atoms. The lowest BCUT2D eigenvalue weighted by atomic mass is 9.93. The molecular weight excluding hydrogens is 668 g/mol. The van der Waals surface area contributed by atoms with Gasteiger partial charge in [-0.25, -0.2) is 4.68 Å². The first-order valence-corrected chi connectivity index (χ1v) is 18.6. The highest BCUT2D eigenvalue weighted by atomic mass is 16.3. The van der Waals surface area contributed by atoms with Gasteiger partial charge in [0.05, 0.1) is 29.8 Å². The molecule has 0 saturated carbocycles. The molecule has 0 fully saturated rings. The van der Waals surface area contributed by atoms with E-state index in [-0.39, 0.29) is 42.2 Å². The molecule has 4 aromatic rings. The summed E-state index contributed by atoms with van der Waals surface area (Å²) in [5.74, 6) is -1.85. The third-order valence-electron chi connectivity index (χ3n) is 9.90. The fourth-order valence-corrected chi connectivity index (χ4v) is 6.74. The Balaban J connectivity index is 1.55. The van der Waals surface area contributed by atoms with Crippen LogP contribution in [0.4, 0.5) is 5.69 Å². The van der Waals surface area contributed by atoms with Gasteiger partial charge in [-0.3, -0.25) is 19.2 Å². The normalized spacial score (nSPS) is 14.3. The Bertz CT molecular complexity index is 1900. The predicted molar refractivity (Wildman–Crippen MR) is 206 cm³/mol. The Morgan fingerprint density at radius 1 is 0.906 bits per heavy atom. The van der Waals surface area contributed by atoms with Gasteiger partial charge in [0.2, 0.25) is 11.8 Å². The lowest BCUT2D eigenvalue weighted by molar-refractivity contribution is -0.131. The molecule has 0 saturated heterocycles. The van der Waals surface area contributed by atoms with Crippen molar-refractivity contribution in [2.24, 2.45) is 0 Å². The molecule has 11 heteroatoms. The highest BCUT2D eigenvalue weighted by Gasteiger charge is 2.33. The van der Waals surface area contributed by atoms with E-state index in [1.807, 2.05) is 66.4 Å². The third-order valence-corrected chi connectivity index (χ3v) is 9.90. The number of rotatable bonds is 15. The monoisotopic (exact) mass is 720 g/mol. The second-order valence-electron chi connectivity index (χ2n) is 14.0. The van der Waals surface area contributed by atoms with Crippen molar-refractivity contribution in [1.29, 1.82) is 0 Å². The second kappa shape index (κ2) is 18.0. The quantitative estimate of drug-likeness (QED) is 0.156. The molecule has 5 rings (SSSR count). The Hall–Kier alpha value is -5.29. The molecule has 280 valence electrons. The maximum atomic E-state index is 14.7. The number of aryl methyl sites for hydroxylation is 1. The van der Waals surface area contributed by atoms with Gasteiger partial charge in [0.15, 0.2) is 5.69 Å². The third kappa shape index (κ3) is 9.21. The van der Waals surface area contributed by atoms with Crippen LogP contribution in [0.1, 0.15) is 95.1 Å². The molecule has 3 aromatic carbocycles. The van der Waals surface area contributed by atoms with Crippen molar-refractivity contribution in [1.82, 2.24) is 24.5 Å². The molecule has 0 bridgehead atoms. The number of aliphatic hydroxyl groups is 1. The number of hydrogen-bond acceptors (Lipinski definition) is 6. The number of amides is 4. The van der Waals surface area contributed by atoms with Crippen molar-refractivity contribution < 1.29 is 24.3 Å². The van der Waals surface area contributed by atoms with E-state index in [0.717, 1.165) is 36.8 Å². The van der Waals surface area contributed by atoms with Crippen LogP contribution in [0.2, 0.25) is 0 Å². The maximum absolute atomic E-state index is 14.7. The smallest absolute Gasteiger partial charge is 0.274 e. The van der Waals surface area contributed by atoms with Crippen molar-refractivity contribution in [2.75, 3.05) is 39.1 Å². The van der Waals surface area contributed by atoms with Crippen LogP contribution in [0.3, 0.4) is 0 Å². The minimum Gasteiger partial charge on any atom is -0.394 e. The number of aliphatic hydroxyl groups excluding tert-OH is 1. The zero-order valence-corrected chi connectivity index (χ0v) is 31.5. The first-order valence-electron chi connectivity index (χ1n) is 18.6. The minimum absolute atomic E-state index is 0.0328. The van der Waals surface area contributed by atoms with E-state index in [1.165, 1.54) is 4.90 Å². The zero-order valence-electron chi connectivity index (χ0n) is 31.5. The van der Waals surface area contributed by atoms with Crippen LogP contribution in [0, 0.1) is 6.92 Å². The van der Waals surface area contributed by atoms with Crippen molar-refractivity contribution in [3.8, 4) is 5.69 Å². The number of unbranched alkanes of at least 4 members (excludes halogenated alkanes) is 2. The van der Waals surface area contributed by atoms with Crippen LogP contribution in [0.15, 0.2) is 78.9 Å². The second-order valence-corrected chi connectivity index (χ2v) is 14.0. The van der Waals surface area contributed by atoms with Crippen molar-refractivity contribution in [3.05, 3.63) is 113 Å². The number of carbonyl (C=O) groups excluding carboxylic acids is 4. The highest BCUT2D eigenvalue weighted by molar-refractivity contribution is 6.02. The Morgan fingerprint density at radius 3 is 2.21 bits per heavy atom. The summed E-state index contributed by atoms with van der Waals surface area (Å²) in [4.78, 5) is 60.2. The molecule has 1 aliphatic heterocycles. The topological polar surface area (TPSA) is 128 Å². The van der Waals surface area contributed by atoms with Gasteiger partial charge in [0.1, 0.15) is 0 Å². The average Bonchev–Trinajstić information content (AvgIpc) is 3.56. The summed E-state index contributed by atoms with van der Waals surface area (Å²) in [5, 5.41) is 18.2. The standard InChI is InChI=1S/C42H52N6O5/c1-6-8-21-46(22-9-7-2)42(53)37-23-29(3)48(44-37)38-20-19-33(43-40(51)35(26-39(50)45(4)5)30-15-11-10-12-16-30)25-36(38)41(52)47-27-32-18-14-13-17-31(32)24-34(47)28-49/h10-20,23,25,34-35,49H,6-9,21-22,24,26-28H2,1-5H3,(H,43,51). The molecule has 2 N–H and O–H groups in total. The van der Waals surface area contributed by atoms with Crippen LogP contribution in [0.25, 0.3) is 5.69 Å². The first-order chi connectivity index (χ1) is 25.6. The molecule has 0 radical (unpaired) electrons. The van der Waals surface area contributed by atoms with Crippen molar-refractivity contribution in [3.63, 3.8) is 0 Å². The van der Waals surface area contributed by atoms with Crippen molar-refractivity contribution >= 4 is 29.3 Å². The number of fused-ring (bicyclic) bond motifs is 1. The van der Waals surface area contributed by atoms with Gasteiger partial charge in [-0.1, -0.05) is 81.3 Å².